The minimum Gasteiger partial charge on any atom is -0.295 e. The van der Waals surface area contributed by atoms with Crippen LogP contribution in [0.25, 0.3) is 5.69 Å². The first-order valence-electron chi connectivity index (χ1n) is 7.03. The number of nitrogens with one attached hydrogen (secondary N) is 2. The molecule has 0 unspecified atom stereocenters. The van der Waals surface area contributed by atoms with Crippen LogP contribution in [0.1, 0.15) is 10.5 Å². The smallest absolute Gasteiger partial charge is 0.284 e. The molecule has 0 saturated heterocycles. The number of carbonyl (C=O) groups is 1. The summed E-state index contributed by atoms with van der Waals surface area (Å²) in [6.45, 7) is 0. The first kappa shape index (κ1) is 15.9. The number of hydrogen-bond acceptors (Lipinski definition) is 4. The number of benzene rings is 2. The summed E-state index contributed by atoms with van der Waals surface area (Å²) in [6, 6.07) is 16.9. The molecule has 0 spiro atoms. The number of amides is 1. The molecular formula is C16H14N4O3S. The average molecular weight is 342 g/mol. The van der Waals surface area contributed by atoms with Crippen LogP contribution >= 0.6 is 0 Å². The first-order chi connectivity index (χ1) is 11.6. The van der Waals surface area contributed by atoms with Crippen molar-refractivity contribution in [3.8, 4) is 5.69 Å². The molecule has 8 heteroatoms. The van der Waals surface area contributed by atoms with E-state index in [1.807, 2.05) is 30.3 Å². The summed E-state index contributed by atoms with van der Waals surface area (Å²) in [7, 11) is -3.84. The number of sulfonamides is 1. The maximum absolute atomic E-state index is 12.3. The minimum absolute atomic E-state index is 0.0573. The highest BCUT2D eigenvalue weighted by atomic mass is 32.2. The molecule has 0 atom stereocenters. The highest BCUT2D eigenvalue weighted by molar-refractivity contribution is 7.89. The van der Waals surface area contributed by atoms with Crippen LogP contribution in [0.4, 0.5) is 0 Å². The number of hydrazine groups is 1. The summed E-state index contributed by atoms with van der Waals surface area (Å²) in [4.78, 5) is 18.4. The molecule has 7 nitrogen and oxygen atoms in total. The highest BCUT2D eigenvalue weighted by Crippen LogP contribution is 2.11. The van der Waals surface area contributed by atoms with Crippen LogP contribution in [-0.4, -0.2) is 23.9 Å². The fraction of sp³-hybridized carbons (Fsp3) is 0. The Hall–Kier alpha value is -2.97. The van der Waals surface area contributed by atoms with Crippen LogP contribution < -0.4 is 10.3 Å². The van der Waals surface area contributed by atoms with Crippen molar-refractivity contribution in [2.24, 2.45) is 0 Å². The van der Waals surface area contributed by atoms with Crippen molar-refractivity contribution < 1.29 is 13.2 Å². The van der Waals surface area contributed by atoms with Crippen molar-refractivity contribution in [2.45, 2.75) is 4.90 Å². The monoisotopic (exact) mass is 342 g/mol. The van der Waals surface area contributed by atoms with Crippen molar-refractivity contribution in [1.29, 1.82) is 0 Å². The van der Waals surface area contributed by atoms with E-state index in [0.717, 1.165) is 5.69 Å². The van der Waals surface area contributed by atoms with Gasteiger partial charge in [-0.25, -0.2) is 13.4 Å². The summed E-state index contributed by atoms with van der Waals surface area (Å²) >= 11 is 0. The molecule has 0 fully saturated rings. The third-order valence-corrected chi connectivity index (χ3v) is 4.52. The Balaban J connectivity index is 1.77. The SMILES string of the molecule is O=C(NNS(=O)(=O)c1ccccc1)c1cncn1-c1ccccc1. The van der Waals surface area contributed by atoms with Gasteiger partial charge in [0.1, 0.15) is 5.69 Å². The second kappa shape index (κ2) is 6.65. The van der Waals surface area contributed by atoms with Gasteiger partial charge in [-0.05, 0) is 24.3 Å². The quantitative estimate of drug-likeness (QED) is 0.687. The van der Waals surface area contributed by atoms with E-state index < -0.39 is 15.9 Å². The van der Waals surface area contributed by atoms with Crippen LogP contribution in [0.3, 0.4) is 0 Å². The predicted molar refractivity (Wildman–Crippen MR) is 87.8 cm³/mol. The normalized spacial score (nSPS) is 11.2. The molecule has 0 aliphatic heterocycles. The maximum atomic E-state index is 12.3. The van der Waals surface area contributed by atoms with Crippen LogP contribution in [0.15, 0.2) is 78.1 Å². The highest BCUT2D eigenvalue weighted by Gasteiger charge is 2.17. The molecule has 1 aromatic heterocycles. The summed E-state index contributed by atoms with van der Waals surface area (Å²) in [5.74, 6) is -0.615. The van der Waals surface area contributed by atoms with E-state index in [1.54, 1.807) is 22.8 Å². The Kier molecular flexibility index (Phi) is 4.41. The zero-order valence-corrected chi connectivity index (χ0v) is 13.3. The van der Waals surface area contributed by atoms with Gasteiger partial charge in [-0.2, -0.15) is 0 Å². The summed E-state index contributed by atoms with van der Waals surface area (Å²) in [5.41, 5.74) is 3.14. The second-order valence-corrected chi connectivity index (χ2v) is 6.54. The van der Waals surface area contributed by atoms with Crippen molar-refractivity contribution in [1.82, 2.24) is 19.8 Å². The van der Waals surface area contributed by atoms with Gasteiger partial charge in [0.05, 0.1) is 17.4 Å². The Labute approximate surface area is 139 Å². The lowest BCUT2D eigenvalue weighted by Crippen LogP contribution is -2.42. The fourth-order valence-corrected chi connectivity index (χ4v) is 2.95. The molecule has 3 rings (SSSR count). The Morgan fingerprint density at radius 2 is 1.58 bits per heavy atom. The third kappa shape index (κ3) is 3.34. The molecule has 24 heavy (non-hydrogen) atoms. The van der Waals surface area contributed by atoms with Gasteiger partial charge in [-0.3, -0.25) is 14.8 Å². The lowest BCUT2D eigenvalue weighted by atomic mass is 10.3. The second-order valence-electron chi connectivity index (χ2n) is 4.86. The lowest BCUT2D eigenvalue weighted by molar-refractivity contribution is 0.0938. The van der Waals surface area contributed by atoms with Crippen molar-refractivity contribution in [3.05, 3.63) is 78.9 Å². The van der Waals surface area contributed by atoms with Gasteiger partial charge >= 0.3 is 0 Å². The van der Waals surface area contributed by atoms with Crippen LogP contribution in [0.2, 0.25) is 0 Å². The van der Waals surface area contributed by atoms with Crippen LogP contribution in [-0.2, 0) is 10.0 Å². The molecule has 1 heterocycles. The molecule has 0 aliphatic carbocycles. The molecule has 0 radical (unpaired) electrons. The summed E-state index contributed by atoms with van der Waals surface area (Å²) in [5, 5.41) is 0. The zero-order chi connectivity index (χ0) is 17.0. The molecule has 3 aromatic rings. The molecule has 2 N–H and O–H groups in total. The minimum atomic E-state index is -3.84. The fourth-order valence-electron chi connectivity index (χ4n) is 2.09. The van der Waals surface area contributed by atoms with Gasteiger partial charge in [0.15, 0.2) is 0 Å². The summed E-state index contributed by atoms with van der Waals surface area (Å²) in [6.07, 6.45) is 2.84. The topological polar surface area (TPSA) is 93.1 Å². The van der Waals surface area contributed by atoms with E-state index in [1.165, 1.54) is 24.7 Å². The van der Waals surface area contributed by atoms with Gasteiger partial charge in [0, 0.05) is 5.69 Å². The van der Waals surface area contributed by atoms with Gasteiger partial charge in [0.25, 0.3) is 15.9 Å². The van der Waals surface area contributed by atoms with Crippen LogP contribution in [0, 0.1) is 0 Å². The van der Waals surface area contributed by atoms with E-state index in [2.05, 4.69) is 15.2 Å². The number of nitrogens with zero attached hydrogens (tertiary/aromatic N) is 2. The first-order valence-corrected chi connectivity index (χ1v) is 8.51. The largest absolute Gasteiger partial charge is 0.295 e. The predicted octanol–water partition coefficient (Wildman–Crippen LogP) is 1.50. The van der Waals surface area contributed by atoms with E-state index in [4.69, 9.17) is 0 Å². The Bertz CT molecular complexity index is 938. The zero-order valence-electron chi connectivity index (χ0n) is 12.5. The number of carbonyl (C=O) groups excluding carboxylic acids is 1. The van der Waals surface area contributed by atoms with Gasteiger partial charge < -0.3 is 0 Å². The molecular weight excluding hydrogens is 328 g/mol. The van der Waals surface area contributed by atoms with Gasteiger partial charge in [-0.15, -0.1) is 4.83 Å². The summed E-state index contributed by atoms with van der Waals surface area (Å²) < 4.78 is 25.8. The van der Waals surface area contributed by atoms with E-state index in [-0.39, 0.29) is 10.6 Å². The molecule has 0 bridgehead atoms. The van der Waals surface area contributed by atoms with E-state index in [9.17, 15) is 13.2 Å². The number of para-hydroxylation sites is 1. The molecule has 0 aliphatic rings. The Morgan fingerprint density at radius 3 is 2.25 bits per heavy atom. The van der Waals surface area contributed by atoms with Crippen molar-refractivity contribution in [2.75, 3.05) is 0 Å². The maximum Gasteiger partial charge on any atom is 0.284 e. The Morgan fingerprint density at radius 1 is 0.958 bits per heavy atom. The van der Waals surface area contributed by atoms with Gasteiger partial charge in [0.2, 0.25) is 0 Å². The molecule has 122 valence electrons. The van der Waals surface area contributed by atoms with Gasteiger partial charge in [-0.1, -0.05) is 36.4 Å². The number of imidazole rings is 1. The molecule has 0 saturated carbocycles. The standard InChI is InChI=1S/C16H14N4O3S/c21-16(18-19-24(22,23)14-9-5-2-6-10-14)15-11-17-12-20(15)13-7-3-1-4-8-13/h1-12,19H,(H,18,21). The average Bonchev–Trinajstić information content (AvgIpc) is 3.11. The van der Waals surface area contributed by atoms with Crippen molar-refractivity contribution >= 4 is 15.9 Å². The number of aromatic nitrogens is 2. The van der Waals surface area contributed by atoms with Crippen molar-refractivity contribution in [3.63, 3.8) is 0 Å². The van der Waals surface area contributed by atoms with Crippen LogP contribution in [0.5, 0.6) is 0 Å². The lowest BCUT2D eigenvalue weighted by Gasteiger charge is -2.10. The molecule has 2 aromatic carbocycles. The number of rotatable bonds is 5. The third-order valence-electron chi connectivity index (χ3n) is 3.26. The van der Waals surface area contributed by atoms with E-state index in [0.29, 0.717) is 0 Å². The number of hydrogen-bond donors (Lipinski definition) is 2. The molecule has 1 amide bonds. The van der Waals surface area contributed by atoms with E-state index >= 15 is 0 Å².